The molecule has 1 aromatic carbocycles. The number of benzene rings is 1. The molecule has 3 rings (SSSR count). The highest BCUT2D eigenvalue weighted by Gasteiger charge is 2.04. The number of methoxy groups -OCH3 is 1. The molecule has 0 aliphatic rings. The van der Waals surface area contributed by atoms with Crippen LogP contribution in [0.4, 0.5) is 0 Å². The Morgan fingerprint density at radius 2 is 1.83 bits per heavy atom. The maximum Gasteiger partial charge on any atom is 0.190 e. The number of aromatic nitrogens is 2. The minimum atomic E-state index is 0. The quantitative estimate of drug-likeness (QED) is 0.194. The third kappa shape index (κ3) is 6.90. The van der Waals surface area contributed by atoms with Gasteiger partial charge in [0.1, 0.15) is 11.4 Å². The van der Waals surface area contributed by atoms with E-state index in [-0.39, 0.29) is 24.0 Å². The summed E-state index contributed by atoms with van der Waals surface area (Å²) in [6.07, 6.45) is 8.30. The first-order valence-electron chi connectivity index (χ1n) is 10.2. The molecule has 6 nitrogen and oxygen atoms in total. The van der Waals surface area contributed by atoms with Gasteiger partial charge in [-0.15, -0.1) is 24.0 Å². The number of halogens is 1. The molecule has 0 aliphatic heterocycles. The van der Waals surface area contributed by atoms with Gasteiger partial charge in [0, 0.05) is 39.0 Å². The zero-order valence-electron chi connectivity index (χ0n) is 18.0. The van der Waals surface area contributed by atoms with Gasteiger partial charge in [-0.2, -0.15) is 0 Å². The van der Waals surface area contributed by atoms with Gasteiger partial charge in [0.05, 0.1) is 12.8 Å². The molecule has 0 aliphatic carbocycles. The fraction of sp³-hybridized carbons (Fsp3) is 0.391. The second-order valence-corrected chi connectivity index (χ2v) is 7.14. The van der Waals surface area contributed by atoms with Crippen molar-refractivity contribution in [3.05, 3.63) is 65.6 Å². The molecule has 3 aromatic rings. The van der Waals surface area contributed by atoms with E-state index in [0.717, 1.165) is 61.8 Å². The molecule has 2 aromatic heterocycles. The van der Waals surface area contributed by atoms with Gasteiger partial charge in [-0.25, -0.2) is 4.98 Å². The number of aliphatic imine (C=N–C) groups is 1. The van der Waals surface area contributed by atoms with E-state index in [2.05, 4.69) is 51.3 Å². The van der Waals surface area contributed by atoms with Crippen LogP contribution in [0.25, 0.3) is 5.65 Å². The van der Waals surface area contributed by atoms with E-state index in [0.29, 0.717) is 0 Å². The summed E-state index contributed by atoms with van der Waals surface area (Å²) in [5.74, 6) is 1.75. The largest absolute Gasteiger partial charge is 0.497 e. The molecule has 7 heteroatoms. The minimum Gasteiger partial charge on any atom is -0.497 e. The molecular weight excluding hydrogens is 489 g/mol. The van der Waals surface area contributed by atoms with Crippen LogP contribution in [0.5, 0.6) is 5.75 Å². The van der Waals surface area contributed by atoms with Crippen molar-refractivity contribution in [2.45, 2.75) is 32.6 Å². The van der Waals surface area contributed by atoms with Crippen LogP contribution < -0.4 is 15.4 Å². The predicted molar refractivity (Wildman–Crippen MR) is 134 cm³/mol. The highest BCUT2D eigenvalue weighted by Crippen LogP contribution is 2.13. The van der Waals surface area contributed by atoms with Crippen molar-refractivity contribution in [2.75, 3.05) is 27.2 Å². The molecule has 2 heterocycles. The van der Waals surface area contributed by atoms with Gasteiger partial charge in [-0.05, 0) is 55.5 Å². The lowest BCUT2D eigenvalue weighted by Gasteiger charge is -2.11. The number of nitrogens with one attached hydrogen (secondary N) is 2. The van der Waals surface area contributed by atoms with Crippen LogP contribution in [0.2, 0.25) is 0 Å². The Morgan fingerprint density at radius 1 is 1.07 bits per heavy atom. The first kappa shape index (κ1) is 24.0. The van der Waals surface area contributed by atoms with Gasteiger partial charge in [-0.3, -0.25) is 4.99 Å². The lowest BCUT2D eigenvalue weighted by atomic mass is 10.1. The first-order valence-corrected chi connectivity index (χ1v) is 10.2. The standard InChI is InChI=1S/C23H31N5O.HI/c1-18-7-6-16-28-17-20(27-22(18)28)13-15-26-23(24-2)25-14-5-4-8-19-9-11-21(29-3)12-10-19;/h6-7,9-12,16-17H,4-5,8,13-15H2,1-3H3,(H2,24,25,26);1H. The van der Waals surface area contributed by atoms with E-state index in [1.807, 2.05) is 24.4 Å². The molecule has 30 heavy (non-hydrogen) atoms. The number of hydrogen-bond donors (Lipinski definition) is 2. The molecule has 0 saturated carbocycles. The average molecular weight is 521 g/mol. The van der Waals surface area contributed by atoms with E-state index < -0.39 is 0 Å². The number of pyridine rings is 1. The third-order valence-electron chi connectivity index (χ3n) is 4.97. The van der Waals surface area contributed by atoms with Crippen molar-refractivity contribution in [3.63, 3.8) is 0 Å². The topological polar surface area (TPSA) is 63.0 Å². The number of rotatable bonds is 9. The van der Waals surface area contributed by atoms with Crippen LogP contribution in [-0.2, 0) is 12.8 Å². The van der Waals surface area contributed by atoms with E-state index >= 15 is 0 Å². The Labute approximate surface area is 196 Å². The summed E-state index contributed by atoms with van der Waals surface area (Å²) in [6.45, 7) is 3.79. The van der Waals surface area contributed by atoms with Crippen molar-refractivity contribution in [3.8, 4) is 5.75 Å². The number of nitrogens with zero attached hydrogens (tertiary/aromatic N) is 3. The summed E-state index contributed by atoms with van der Waals surface area (Å²) in [5.41, 5.74) is 4.65. The molecule has 162 valence electrons. The number of fused-ring (bicyclic) bond motifs is 1. The maximum absolute atomic E-state index is 5.20. The van der Waals surface area contributed by atoms with Crippen LogP contribution in [0.15, 0.2) is 53.8 Å². The highest BCUT2D eigenvalue weighted by molar-refractivity contribution is 14.0. The maximum atomic E-state index is 5.20. The highest BCUT2D eigenvalue weighted by atomic mass is 127. The zero-order chi connectivity index (χ0) is 20.5. The molecule has 0 amide bonds. The predicted octanol–water partition coefficient (Wildman–Crippen LogP) is 4.00. The Bertz CT molecular complexity index is 936. The summed E-state index contributed by atoms with van der Waals surface area (Å²) in [6, 6.07) is 12.4. The molecule has 0 unspecified atom stereocenters. The number of hydrogen-bond acceptors (Lipinski definition) is 3. The monoisotopic (exact) mass is 521 g/mol. The van der Waals surface area contributed by atoms with E-state index in [1.54, 1.807) is 14.2 Å². The van der Waals surface area contributed by atoms with Crippen molar-refractivity contribution in [2.24, 2.45) is 4.99 Å². The number of aryl methyl sites for hydroxylation is 2. The number of guanidine groups is 1. The van der Waals surface area contributed by atoms with Crippen LogP contribution in [0, 0.1) is 6.92 Å². The number of ether oxygens (including phenoxy) is 1. The lowest BCUT2D eigenvalue weighted by molar-refractivity contribution is 0.414. The molecule has 0 spiro atoms. The Morgan fingerprint density at radius 3 is 2.53 bits per heavy atom. The minimum absolute atomic E-state index is 0. The summed E-state index contributed by atoms with van der Waals surface area (Å²) in [7, 11) is 3.50. The molecule has 2 N–H and O–H groups in total. The van der Waals surface area contributed by atoms with Crippen molar-refractivity contribution < 1.29 is 4.74 Å². The van der Waals surface area contributed by atoms with Crippen LogP contribution in [-0.4, -0.2) is 42.6 Å². The van der Waals surface area contributed by atoms with Gasteiger partial charge in [0.2, 0.25) is 0 Å². The summed E-state index contributed by atoms with van der Waals surface area (Å²) in [4.78, 5) is 9.02. The number of imidazole rings is 1. The van der Waals surface area contributed by atoms with Gasteiger partial charge in [-0.1, -0.05) is 18.2 Å². The molecular formula is C23H32IN5O. The molecule has 0 saturated heterocycles. The molecule has 0 bridgehead atoms. The molecule has 0 radical (unpaired) electrons. The van der Waals surface area contributed by atoms with Crippen molar-refractivity contribution in [1.29, 1.82) is 0 Å². The van der Waals surface area contributed by atoms with E-state index in [9.17, 15) is 0 Å². The van der Waals surface area contributed by atoms with Crippen molar-refractivity contribution >= 4 is 35.6 Å². The Balaban J connectivity index is 0.00000320. The average Bonchev–Trinajstić information content (AvgIpc) is 3.17. The van der Waals surface area contributed by atoms with Crippen molar-refractivity contribution in [1.82, 2.24) is 20.0 Å². The fourth-order valence-electron chi connectivity index (χ4n) is 3.31. The summed E-state index contributed by atoms with van der Waals surface area (Å²) < 4.78 is 7.28. The van der Waals surface area contributed by atoms with Gasteiger partial charge in [0.25, 0.3) is 0 Å². The fourth-order valence-corrected chi connectivity index (χ4v) is 3.31. The van der Waals surface area contributed by atoms with Crippen LogP contribution in [0.3, 0.4) is 0 Å². The normalized spacial score (nSPS) is 11.2. The molecule has 0 atom stereocenters. The SMILES string of the molecule is CN=C(NCCCCc1ccc(OC)cc1)NCCc1cn2cccc(C)c2n1.I. The smallest absolute Gasteiger partial charge is 0.190 e. The summed E-state index contributed by atoms with van der Waals surface area (Å²) in [5, 5.41) is 6.76. The third-order valence-corrected chi connectivity index (χ3v) is 4.97. The van der Waals surface area contributed by atoms with Gasteiger partial charge < -0.3 is 19.8 Å². The summed E-state index contributed by atoms with van der Waals surface area (Å²) >= 11 is 0. The van der Waals surface area contributed by atoms with Gasteiger partial charge >= 0.3 is 0 Å². The van der Waals surface area contributed by atoms with E-state index in [1.165, 1.54) is 11.1 Å². The zero-order valence-corrected chi connectivity index (χ0v) is 20.3. The van der Waals surface area contributed by atoms with Crippen LogP contribution >= 0.6 is 24.0 Å². The first-order chi connectivity index (χ1) is 14.2. The number of unbranched alkanes of at least 4 members (excludes halogenated alkanes) is 1. The molecule has 0 fully saturated rings. The Hall–Kier alpha value is -2.29. The second kappa shape index (κ2) is 12.4. The van der Waals surface area contributed by atoms with E-state index in [4.69, 9.17) is 9.72 Å². The van der Waals surface area contributed by atoms with Crippen LogP contribution in [0.1, 0.15) is 29.7 Å². The van der Waals surface area contributed by atoms with Gasteiger partial charge in [0.15, 0.2) is 5.96 Å². The second-order valence-electron chi connectivity index (χ2n) is 7.14. The Kier molecular flexibility index (Phi) is 9.93. The lowest BCUT2D eigenvalue weighted by Crippen LogP contribution is -2.38.